The average Bonchev–Trinajstić information content (AvgIpc) is 2.51. The molecule has 2 heterocycles. The van der Waals surface area contributed by atoms with Crippen LogP contribution in [0.25, 0.3) is 0 Å². The van der Waals surface area contributed by atoms with Crippen LogP contribution in [0.1, 0.15) is 46.0 Å². The van der Waals surface area contributed by atoms with Crippen molar-refractivity contribution >= 4 is 5.91 Å². The van der Waals surface area contributed by atoms with Crippen molar-refractivity contribution in [3.8, 4) is 0 Å². The number of carbonyl (C=O) groups is 1. The van der Waals surface area contributed by atoms with Crippen LogP contribution in [0.4, 0.5) is 0 Å². The molecule has 0 aromatic carbocycles. The highest BCUT2D eigenvalue weighted by Crippen LogP contribution is 2.34. The van der Waals surface area contributed by atoms with E-state index in [1.807, 2.05) is 13.8 Å². The molecule has 2 rings (SSSR count). The topological polar surface area (TPSA) is 44.4 Å². The van der Waals surface area contributed by atoms with E-state index in [2.05, 4.69) is 22.6 Å². The number of carbonyl (C=O) groups excluding carboxylic acids is 1. The van der Waals surface area contributed by atoms with Crippen molar-refractivity contribution in [2.24, 2.45) is 0 Å². The van der Waals surface area contributed by atoms with Gasteiger partial charge in [-0.3, -0.25) is 4.79 Å². The smallest absolute Gasteiger partial charge is 0.221 e. The second-order valence-electron chi connectivity index (χ2n) is 6.15. The third kappa shape index (κ3) is 3.45. The number of hydrogen-bond acceptors (Lipinski definition) is 3. The molecule has 0 aromatic heterocycles. The zero-order chi connectivity index (χ0) is 13.1. The molecule has 104 valence electrons. The van der Waals surface area contributed by atoms with E-state index in [4.69, 9.17) is 0 Å². The summed E-state index contributed by atoms with van der Waals surface area (Å²) in [5.74, 6) is 0.161. The fourth-order valence-corrected chi connectivity index (χ4v) is 3.36. The Morgan fingerprint density at radius 1 is 1.28 bits per heavy atom. The van der Waals surface area contributed by atoms with Crippen LogP contribution in [0, 0.1) is 0 Å². The summed E-state index contributed by atoms with van der Waals surface area (Å²) < 4.78 is 0. The maximum Gasteiger partial charge on any atom is 0.221 e. The summed E-state index contributed by atoms with van der Waals surface area (Å²) in [4.78, 5) is 14.1. The van der Waals surface area contributed by atoms with Crippen molar-refractivity contribution in [1.29, 1.82) is 0 Å². The van der Waals surface area contributed by atoms with E-state index in [0.717, 1.165) is 18.6 Å². The lowest BCUT2D eigenvalue weighted by Crippen LogP contribution is -2.47. The Hall–Kier alpha value is -0.610. The first-order valence-electron chi connectivity index (χ1n) is 7.31. The summed E-state index contributed by atoms with van der Waals surface area (Å²) in [5, 5.41) is 6.49. The third-order valence-corrected chi connectivity index (χ3v) is 4.33. The van der Waals surface area contributed by atoms with Crippen molar-refractivity contribution in [1.82, 2.24) is 15.5 Å². The molecule has 4 nitrogen and oxygen atoms in total. The first-order chi connectivity index (χ1) is 8.56. The van der Waals surface area contributed by atoms with E-state index >= 15 is 0 Å². The quantitative estimate of drug-likeness (QED) is 0.771. The summed E-state index contributed by atoms with van der Waals surface area (Å²) in [6.45, 7) is 4.81. The normalized spacial score (nSPS) is 31.9. The average molecular weight is 253 g/mol. The molecular weight excluding hydrogens is 226 g/mol. The van der Waals surface area contributed by atoms with Crippen LogP contribution in [-0.4, -0.2) is 48.6 Å². The predicted molar refractivity (Wildman–Crippen MR) is 73.5 cm³/mol. The van der Waals surface area contributed by atoms with Gasteiger partial charge in [-0.1, -0.05) is 0 Å². The molecule has 18 heavy (non-hydrogen) atoms. The highest BCUT2D eigenvalue weighted by atomic mass is 16.1. The lowest BCUT2D eigenvalue weighted by Gasteiger charge is -2.36. The summed E-state index contributed by atoms with van der Waals surface area (Å²) >= 11 is 0. The molecule has 0 saturated carbocycles. The number of piperidine rings is 1. The van der Waals surface area contributed by atoms with Crippen molar-refractivity contribution < 1.29 is 4.79 Å². The van der Waals surface area contributed by atoms with E-state index in [9.17, 15) is 4.79 Å². The van der Waals surface area contributed by atoms with E-state index in [1.54, 1.807) is 0 Å². The van der Waals surface area contributed by atoms with Gasteiger partial charge in [0.1, 0.15) is 0 Å². The number of rotatable bonds is 5. The van der Waals surface area contributed by atoms with Gasteiger partial charge in [-0.05, 0) is 46.6 Å². The molecule has 0 spiro atoms. The molecule has 2 bridgehead atoms. The molecule has 2 unspecified atom stereocenters. The highest BCUT2D eigenvalue weighted by Gasteiger charge is 2.37. The first-order valence-corrected chi connectivity index (χ1v) is 7.31. The standard InChI is InChI=1S/C14H27N3O/c1-10(2)16-14(18)6-7-15-11-8-12-4-5-13(9-11)17(12)3/h10-13,15H,4-9H2,1-3H3,(H,16,18). The van der Waals surface area contributed by atoms with Crippen LogP contribution in [0.15, 0.2) is 0 Å². The Balaban J connectivity index is 1.65. The molecule has 2 aliphatic heterocycles. The fourth-order valence-electron chi connectivity index (χ4n) is 3.36. The van der Waals surface area contributed by atoms with Gasteiger partial charge < -0.3 is 15.5 Å². The van der Waals surface area contributed by atoms with Crippen molar-refractivity contribution in [3.05, 3.63) is 0 Å². The maximum absolute atomic E-state index is 11.5. The van der Waals surface area contributed by atoms with Crippen LogP contribution < -0.4 is 10.6 Å². The van der Waals surface area contributed by atoms with E-state index in [-0.39, 0.29) is 11.9 Å². The monoisotopic (exact) mass is 253 g/mol. The second kappa shape index (κ2) is 6.02. The van der Waals surface area contributed by atoms with Gasteiger partial charge in [0, 0.05) is 37.1 Å². The Bertz CT molecular complexity index is 279. The van der Waals surface area contributed by atoms with Crippen LogP contribution >= 0.6 is 0 Å². The van der Waals surface area contributed by atoms with Gasteiger partial charge >= 0.3 is 0 Å². The number of fused-ring (bicyclic) bond motifs is 2. The van der Waals surface area contributed by atoms with Gasteiger partial charge in [0.2, 0.25) is 5.91 Å². The lowest BCUT2D eigenvalue weighted by molar-refractivity contribution is -0.121. The molecule has 2 aliphatic rings. The fraction of sp³-hybridized carbons (Fsp3) is 0.929. The largest absolute Gasteiger partial charge is 0.354 e. The molecule has 0 radical (unpaired) electrons. The van der Waals surface area contributed by atoms with E-state index in [1.165, 1.54) is 25.7 Å². The van der Waals surface area contributed by atoms with Gasteiger partial charge in [0.05, 0.1) is 0 Å². The van der Waals surface area contributed by atoms with Gasteiger partial charge in [-0.25, -0.2) is 0 Å². The first kappa shape index (κ1) is 13.8. The summed E-state index contributed by atoms with van der Waals surface area (Å²) in [7, 11) is 2.26. The predicted octanol–water partition coefficient (Wildman–Crippen LogP) is 1.12. The lowest BCUT2D eigenvalue weighted by atomic mass is 9.98. The molecule has 1 amide bonds. The molecule has 2 N–H and O–H groups in total. The SMILES string of the molecule is CC(C)NC(=O)CCNC1CC2CCC(C1)N2C. The van der Waals surface area contributed by atoms with Crippen LogP contribution in [-0.2, 0) is 4.79 Å². The number of amides is 1. The molecular formula is C14H27N3O. The summed E-state index contributed by atoms with van der Waals surface area (Å²) in [6.07, 6.45) is 5.80. The Morgan fingerprint density at radius 2 is 1.89 bits per heavy atom. The van der Waals surface area contributed by atoms with Gasteiger partial charge in [0.15, 0.2) is 0 Å². The molecule has 0 aliphatic carbocycles. The van der Waals surface area contributed by atoms with Crippen LogP contribution in [0.3, 0.4) is 0 Å². The van der Waals surface area contributed by atoms with Crippen molar-refractivity contribution in [2.45, 2.75) is 70.1 Å². The number of nitrogens with zero attached hydrogens (tertiary/aromatic N) is 1. The Morgan fingerprint density at radius 3 is 2.44 bits per heavy atom. The number of nitrogens with one attached hydrogen (secondary N) is 2. The molecule has 4 heteroatoms. The molecule has 2 saturated heterocycles. The Kier molecular flexibility index (Phi) is 4.62. The summed E-state index contributed by atoms with van der Waals surface area (Å²) in [6, 6.07) is 2.40. The second-order valence-corrected chi connectivity index (χ2v) is 6.15. The highest BCUT2D eigenvalue weighted by molar-refractivity contribution is 5.76. The van der Waals surface area contributed by atoms with Gasteiger partial charge in [-0.2, -0.15) is 0 Å². The molecule has 2 fully saturated rings. The minimum Gasteiger partial charge on any atom is -0.354 e. The van der Waals surface area contributed by atoms with Crippen LogP contribution in [0.2, 0.25) is 0 Å². The third-order valence-electron chi connectivity index (χ3n) is 4.33. The van der Waals surface area contributed by atoms with E-state index < -0.39 is 0 Å². The number of hydrogen-bond donors (Lipinski definition) is 2. The van der Waals surface area contributed by atoms with E-state index in [0.29, 0.717) is 12.5 Å². The molecule has 0 aromatic rings. The Labute approximate surface area is 110 Å². The molecule has 2 atom stereocenters. The van der Waals surface area contributed by atoms with Gasteiger partial charge in [0.25, 0.3) is 0 Å². The zero-order valence-corrected chi connectivity index (χ0v) is 11.9. The minimum atomic E-state index is 0.161. The maximum atomic E-state index is 11.5. The summed E-state index contributed by atoms with van der Waals surface area (Å²) in [5.41, 5.74) is 0. The zero-order valence-electron chi connectivity index (χ0n) is 11.9. The van der Waals surface area contributed by atoms with Gasteiger partial charge in [-0.15, -0.1) is 0 Å². The minimum absolute atomic E-state index is 0.161. The van der Waals surface area contributed by atoms with Crippen LogP contribution in [0.5, 0.6) is 0 Å². The van der Waals surface area contributed by atoms with Crippen molar-refractivity contribution in [2.75, 3.05) is 13.6 Å². The van der Waals surface area contributed by atoms with Crippen molar-refractivity contribution in [3.63, 3.8) is 0 Å².